The maximum atomic E-state index is 12.9. The average molecular weight is 372 g/mol. The molecule has 0 unspecified atom stereocenters. The van der Waals surface area contributed by atoms with Gasteiger partial charge in [-0.1, -0.05) is 13.8 Å². The van der Waals surface area contributed by atoms with Gasteiger partial charge in [0.15, 0.2) is 5.78 Å². The molecular formula is C20H24N2O5. The van der Waals surface area contributed by atoms with E-state index in [-0.39, 0.29) is 23.4 Å². The summed E-state index contributed by atoms with van der Waals surface area (Å²) in [6.07, 6.45) is 4.66. The molecule has 0 fully saturated rings. The topological polar surface area (TPSA) is 91.4 Å². The summed E-state index contributed by atoms with van der Waals surface area (Å²) in [6.45, 7) is 6.75. The zero-order valence-electron chi connectivity index (χ0n) is 15.8. The van der Waals surface area contributed by atoms with Crippen molar-refractivity contribution in [3.8, 4) is 0 Å². The van der Waals surface area contributed by atoms with Crippen LogP contribution in [0, 0.1) is 10.1 Å². The first-order chi connectivity index (χ1) is 12.8. The van der Waals surface area contributed by atoms with Crippen LogP contribution in [0.25, 0.3) is 0 Å². The summed E-state index contributed by atoms with van der Waals surface area (Å²) in [4.78, 5) is 34.6. The number of esters is 1. The molecule has 2 rings (SSSR count). The number of hydrogen-bond donors (Lipinski definition) is 0. The zero-order valence-corrected chi connectivity index (χ0v) is 15.8. The fraction of sp³-hybridized carbons (Fsp3) is 0.400. The number of ketones is 1. The lowest BCUT2D eigenvalue weighted by Gasteiger charge is -2.06. The smallest absolute Gasteiger partial charge is 0.305 e. The van der Waals surface area contributed by atoms with Crippen molar-refractivity contribution in [2.75, 3.05) is 6.61 Å². The number of hydrogen-bond acceptors (Lipinski definition) is 5. The Hall–Kier alpha value is -2.96. The van der Waals surface area contributed by atoms with Crippen molar-refractivity contribution in [1.82, 2.24) is 4.57 Å². The van der Waals surface area contributed by atoms with Crippen molar-refractivity contribution in [3.05, 3.63) is 63.5 Å². The van der Waals surface area contributed by atoms with Crippen LogP contribution >= 0.6 is 0 Å². The zero-order chi connectivity index (χ0) is 20.0. The number of nitrogens with zero attached hydrogens (tertiary/aromatic N) is 2. The van der Waals surface area contributed by atoms with Gasteiger partial charge in [-0.25, -0.2) is 0 Å². The Morgan fingerprint density at radius 2 is 1.85 bits per heavy atom. The fourth-order valence-corrected chi connectivity index (χ4v) is 2.83. The van der Waals surface area contributed by atoms with E-state index in [1.165, 1.54) is 24.3 Å². The lowest BCUT2D eigenvalue weighted by Crippen LogP contribution is -2.06. The molecule has 27 heavy (non-hydrogen) atoms. The summed E-state index contributed by atoms with van der Waals surface area (Å²) >= 11 is 0. The first kappa shape index (κ1) is 20.4. The monoisotopic (exact) mass is 372 g/mol. The third-order valence-electron chi connectivity index (χ3n) is 4.22. The van der Waals surface area contributed by atoms with Crippen LogP contribution in [0.1, 0.15) is 61.0 Å². The van der Waals surface area contributed by atoms with Crippen molar-refractivity contribution >= 4 is 17.4 Å². The van der Waals surface area contributed by atoms with Crippen molar-refractivity contribution in [2.24, 2.45) is 0 Å². The molecule has 0 atom stereocenters. The van der Waals surface area contributed by atoms with Crippen LogP contribution in [-0.4, -0.2) is 27.8 Å². The van der Waals surface area contributed by atoms with E-state index in [4.69, 9.17) is 4.74 Å². The SMILES string of the molecule is CCOC(=O)CCCn1cc(C(=O)c2ccc([N+](=O)[O-])cc2)c(C(C)C)c1. The molecule has 0 saturated heterocycles. The molecule has 1 heterocycles. The highest BCUT2D eigenvalue weighted by atomic mass is 16.6. The minimum atomic E-state index is -0.492. The number of aryl methyl sites for hydroxylation is 1. The van der Waals surface area contributed by atoms with Gasteiger partial charge in [-0.3, -0.25) is 19.7 Å². The predicted molar refractivity (Wildman–Crippen MR) is 101 cm³/mol. The van der Waals surface area contributed by atoms with Gasteiger partial charge < -0.3 is 9.30 Å². The van der Waals surface area contributed by atoms with E-state index in [1.807, 2.05) is 24.6 Å². The molecule has 7 heteroatoms. The summed E-state index contributed by atoms with van der Waals surface area (Å²) in [5, 5.41) is 10.8. The lowest BCUT2D eigenvalue weighted by molar-refractivity contribution is -0.384. The molecular weight excluding hydrogens is 348 g/mol. The van der Waals surface area contributed by atoms with E-state index in [9.17, 15) is 19.7 Å². The summed E-state index contributed by atoms with van der Waals surface area (Å²) < 4.78 is 6.83. The van der Waals surface area contributed by atoms with E-state index in [1.54, 1.807) is 13.1 Å². The third-order valence-corrected chi connectivity index (χ3v) is 4.22. The van der Waals surface area contributed by atoms with Crippen molar-refractivity contribution in [1.29, 1.82) is 0 Å². The van der Waals surface area contributed by atoms with Crippen LogP contribution in [0.3, 0.4) is 0 Å². The summed E-state index contributed by atoms with van der Waals surface area (Å²) in [5.74, 6) is -0.248. The van der Waals surface area contributed by atoms with Crippen LogP contribution in [0.15, 0.2) is 36.7 Å². The van der Waals surface area contributed by atoms with Crippen molar-refractivity contribution < 1.29 is 19.2 Å². The quantitative estimate of drug-likeness (QED) is 0.286. The Kier molecular flexibility index (Phi) is 6.87. The highest BCUT2D eigenvalue weighted by molar-refractivity contribution is 6.10. The first-order valence-electron chi connectivity index (χ1n) is 8.98. The molecule has 0 amide bonds. The molecule has 0 N–H and O–H groups in total. The first-order valence-corrected chi connectivity index (χ1v) is 8.98. The van der Waals surface area contributed by atoms with Gasteiger partial charge in [0.2, 0.25) is 0 Å². The van der Waals surface area contributed by atoms with Crippen LogP contribution < -0.4 is 0 Å². The van der Waals surface area contributed by atoms with Crippen LogP contribution in [0.5, 0.6) is 0 Å². The second-order valence-electron chi connectivity index (χ2n) is 6.56. The highest BCUT2D eigenvalue weighted by Crippen LogP contribution is 2.24. The van der Waals surface area contributed by atoms with Crippen LogP contribution in [0.2, 0.25) is 0 Å². The molecule has 0 aliphatic heterocycles. The second-order valence-corrected chi connectivity index (χ2v) is 6.56. The van der Waals surface area contributed by atoms with Gasteiger partial charge in [-0.2, -0.15) is 0 Å². The minimum absolute atomic E-state index is 0.0489. The third kappa shape index (κ3) is 5.26. The van der Waals surface area contributed by atoms with Gasteiger partial charge in [0, 0.05) is 48.6 Å². The molecule has 1 aromatic heterocycles. The van der Waals surface area contributed by atoms with Gasteiger partial charge in [0.05, 0.1) is 11.5 Å². The molecule has 144 valence electrons. The predicted octanol–water partition coefficient (Wildman–Crippen LogP) is 4.09. The Labute approximate surface area is 158 Å². The highest BCUT2D eigenvalue weighted by Gasteiger charge is 2.19. The number of aromatic nitrogens is 1. The Bertz CT molecular complexity index is 821. The van der Waals surface area contributed by atoms with E-state index >= 15 is 0 Å². The average Bonchev–Trinajstić information content (AvgIpc) is 3.06. The lowest BCUT2D eigenvalue weighted by atomic mass is 9.96. The molecule has 0 spiro atoms. The van der Waals surface area contributed by atoms with E-state index in [2.05, 4.69) is 0 Å². The number of ether oxygens (including phenoxy) is 1. The van der Waals surface area contributed by atoms with Gasteiger partial charge in [-0.05, 0) is 37.0 Å². The molecule has 2 aromatic rings. The van der Waals surface area contributed by atoms with E-state index in [0.29, 0.717) is 37.1 Å². The number of nitro benzene ring substituents is 1. The maximum Gasteiger partial charge on any atom is 0.305 e. The van der Waals surface area contributed by atoms with Gasteiger partial charge in [0.1, 0.15) is 0 Å². The number of rotatable bonds is 9. The number of carbonyl (C=O) groups is 2. The molecule has 1 aromatic carbocycles. The largest absolute Gasteiger partial charge is 0.466 e. The standard InChI is InChI=1S/C20H24N2O5/c1-4-27-19(23)6-5-11-21-12-17(14(2)3)18(13-21)20(24)15-7-9-16(10-8-15)22(25)26/h7-10,12-14H,4-6,11H2,1-3H3. The molecule has 0 bridgehead atoms. The van der Waals surface area contributed by atoms with Gasteiger partial charge >= 0.3 is 5.97 Å². The Morgan fingerprint density at radius 3 is 2.41 bits per heavy atom. The molecule has 0 aliphatic rings. The Balaban J connectivity index is 2.17. The van der Waals surface area contributed by atoms with Crippen LogP contribution in [-0.2, 0) is 16.1 Å². The van der Waals surface area contributed by atoms with E-state index < -0.39 is 4.92 Å². The number of carbonyl (C=O) groups excluding carboxylic acids is 2. The molecule has 7 nitrogen and oxygen atoms in total. The number of nitro groups is 1. The fourth-order valence-electron chi connectivity index (χ4n) is 2.83. The Morgan fingerprint density at radius 1 is 1.19 bits per heavy atom. The van der Waals surface area contributed by atoms with Crippen LogP contribution in [0.4, 0.5) is 5.69 Å². The maximum absolute atomic E-state index is 12.9. The summed E-state index contributed by atoms with van der Waals surface area (Å²) in [5.41, 5.74) is 1.85. The molecule has 0 radical (unpaired) electrons. The number of benzene rings is 1. The number of non-ortho nitro benzene ring substituents is 1. The van der Waals surface area contributed by atoms with E-state index in [0.717, 1.165) is 5.56 Å². The summed E-state index contributed by atoms with van der Waals surface area (Å²) in [7, 11) is 0. The summed E-state index contributed by atoms with van der Waals surface area (Å²) in [6, 6.07) is 5.61. The normalized spacial score (nSPS) is 10.8. The van der Waals surface area contributed by atoms with Gasteiger partial charge in [-0.15, -0.1) is 0 Å². The molecule has 0 saturated carbocycles. The molecule has 0 aliphatic carbocycles. The van der Waals surface area contributed by atoms with Gasteiger partial charge in [0.25, 0.3) is 5.69 Å². The second kappa shape index (κ2) is 9.12. The van der Waals surface area contributed by atoms with Crippen molar-refractivity contribution in [3.63, 3.8) is 0 Å². The minimum Gasteiger partial charge on any atom is -0.466 e. The van der Waals surface area contributed by atoms with Crippen molar-refractivity contribution in [2.45, 2.75) is 46.1 Å².